The number of carbonyl (C=O) groups is 1. The van der Waals surface area contributed by atoms with Crippen molar-refractivity contribution in [2.24, 2.45) is 10.1 Å². The van der Waals surface area contributed by atoms with Crippen molar-refractivity contribution in [1.82, 2.24) is 4.68 Å². The third-order valence-corrected chi connectivity index (χ3v) is 5.68. The van der Waals surface area contributed by atoms with Crippen LogP contribution in [-0.2, 0) is 4.79 Å². The van der Waals surface area contributed by atoms with Crippen LogP contribution in [0.4, 0.5) is 5.69 Å². The van der Waals surface area contributed by atoms with E-state index in [1.807, 2.05) is 41.4 Å². The average Bonchev–Trinajstić information content (AvgIpc) is 3.15. The maximum Gasteiger partial charge on any atom is 0.262 e. The number of fused-ring (bicyclic) bond motifs is 1. The molecule has 0 atom stereocenters. The van der Waals surface area contributed by atoms with Gasteiger partial charge in [-0.25, -0.2) is 4.68 Å². The Labute approximate surface area is 185 Å². The molecule has 31 heavy (non-hydrogen) atoms. The number of ether oxygens (including phenoxy) is 1. The van der Waals surface area contributed by atoms with Gasteiger partial charge in [0.2, 0.25) is 4.80 Å². The number of hydrogen-bond donors (Lipinski definition) is 1. The number of nitrogens with one attached hydrogen (secondary N) is 1. The van der Waals surface area contributed by atoms with E-state index in [-0.39, 0.29) is 12.5 Å². The summed E-state index contributed by atoms with van der Waals surface area (Å²) >= 11 is 1.52. The van der Waals surface area contributed by atoms with E-state index < -0.39 is 0 Å². The molecule has 0 fully saturated rings. The number of nitrogens with zero attached hydrogens (tertiary/aromatic N) is 3. The molecule has 2 heterocycles. The fourth-order valence-electron chi connectivity index (χ4n) is 3.18. The molecule has 0 unspecified atom stereocenters. The van der Waals surface area contributed by atoms with Gasteiger partial charge in [-0.3, -0.25) is 9.79 Å². The second-order valence-electron chi connectivity index (χ2n) is 7.64. The van der Waals surface area contributed by atoms with E-state index in [9.17, 15) is 4.79 Å². The molecule has 2 aromatic carbocycles. The molecule has 0 aliphatic carbocycles. The van der Waals surface area contributed by atoms with E-state index in [0.29, 0.717) is 18.0 Å². The van der Waals surface area contributed by atoms with Gasteiger partial charge in [0.15, 0.2) is 6.61 Å². The summed E-state index contributed by atoms with van der Waals surface area (Å²) in [6.07, 6.45) is 1.86. The Morgan fingerprint density at radius 3 is 2.94 bits per heavy atom. The van der Waals surface area contributed by atoms with Crippen molar-refractivity contribution in [2.75, 3.05) is 18.5 Å². The number of benzene rings is 2. The smallest absolute Gasteiger partial charge is 0.262 e. The third kappa shape index (κ3) is 4.67. The largest absolute Gasteiger partial charge is 0.482 e. The fourth-order valence-corrected chi connectivity index (χ4v) is 4.02. The zero-order chi connectivity index (χ0) is 22.0. The normalized spacial score (nSPS) is 13.8. The molecule has 0 saturated carbocycles. The van der Waals surface area contributed by atoms with E-state index >= 15 is 0 Å². The number of hydrogen-bond acceptors (Lipinski definition) is 5. The lowest BCUT2D eigenvalue weighted by Gasteiger charge is -2.18. The van der Waals surface area contributed by atoms with Crippen LogP contribution in [0.3, 0.4) is 0 Å². The van der Waals surface area contributed by atoms with Crippen LogP contribution in [0.15, 0.2) is 64.0 Å². The highest BCUT2D eigenvalue weighted by Gasteiger charge is 2.17. The van der Waals surface area contributed by atoms with Gasteiger partial charge >= 0.3 is 0 Å². The molecular formula is C24H24N4O2S. The van der Waals surface area contributed by atoms with Crippen LogP contribution in [0.1, 0.15) is 23.6 Å². The molecule has 4 rings (SSSR count). The molecule has 6 nitrogen and oxygen atoms in total. The van der Waals surface area contributed by atoms with Gasteiger partial charge in [-0.2, -0.15) is 5.10 Å². The van der Waals surface area contributed by atoms with Crippen LogP contribution in [0.5, 0.6) is 5.75 Å². The maximum absolute atomic E-state index is 11.7. The van der Waals surface area contributed by atoms with E-state index in [1.165, 1.54) is 16.9 Å². The lowest BCUT2D eigenvalue weighted by atomic mass is 10.1. The Hall–Kier alpha value is -3.45. The van der Waals surface area contributed by atoms with Crippen molar-refractivity contribution in [3.05, 3.63) is 75.4 Å². The number of anilines is 1. The molecule has 0 saturated heterocycles. The second-order valence-corrected chi connectivity index (χ2v) is 8.48. The molecule has 1 amide bonds. The SMILES string of the molecule is C=C(C)CN=c1scc(-c2ccc3c(c2)NC(=O)CO3)n1N=Cc1cc(C)ccc1C. The first kappa shape index (κ1) is 20.8. The van der Waals surface area contributed by atoms with Gasteiger partial charge in [-0.15, -0.1) is 11.3 Å². The standard InChI is InChI=1S/C24H24N4O2S/c1-15(2)11-25-24-28(26-12-19-9-16(3)5-6-17(19)4)21(14-31-24)18-7-8-22-20(10-18)27-23(29)13-30-22/h5-10,12,14H,1,11,13H2,2-4H3,(H,27,29). The molecule has 158 valence electrons. The molecule has 0 spiro atoms. The van der Waals surface area contributed by atoms with Gasteiger partial charge in [0.25, 0.3) is 5.91 Å². The minimum absolute atomic E-state index is 0.0366. The van der Waals surface area contributed by atoms with Crippen LogP contribution < -0.4 is 14.9 Å². The first-order valence-corrected chi connectivity index (χ1v) is 10.8. The Morgan fingerprint density at radius 2 is 2.13 bits per heavy atom. The Kier molecular flexibility index (Phi) is 5.86. The lowest BCUT2D eigenvalue weighted by Crippen LogP contribution is -2.25. The molecule has 7 heteroatoms. The van der Waals surface area contributed by atoms with Gasteiger partial charge in [-0.05, 0) is 50.1 Å². The number of aromatic nitrogens is 1. The maximum atomic E-state index is 11.7. The summed E-state index contributed by atoms with van der Waals surface area (Å²) in [5.74, 6) is 0.504. The topological polar surface area (TPSA) is 68.0 Å². The van der Waals surface area contributed by atoms with E-state index in [2.05, 4.69) is 48.9 Å². The summed E-state index contributed by atoms with van der Waals surface area (Å²) in [6, 6.07) is 12.0. The van der Waals surface area contributed by atoms with Gasteiger partial charge in [0, 0.05) is 10.9 Å². The zero-order valence-electron chi connectivity index (χ0n) is 17.8. The van der Waals surface area contributed by atoms with Crippen LogP contribution >= 0.6 is 11.3 Å². The van der Waals surface area contributed by atoms with Crippen molar-refractivity contribution >= 4 is 29.1 Å². The molecule has 1 N–H and O–H groups in total. The molecule has 3 aromatic rings. The quantitative estimate of drug-likeness (QED) is 0.476. The van der Waals surface area contributed by atoms with Gasteiger partial charge in [0.1, 0.15) is 5.75 Å². The summed E-state index contributed by atoms with van der Waals surface area (Å²) in [5, 5.41) is 9.66. The second kappa shape index (κ2) is 8.73. The van der Waals surface area contributed by atoms with Crippen molar-refractivity contribution in [3.8, 4) is 17.0 Å². The van der Waals surface area contributed by atoms with Crippen LogP contribution in [0.25, 0.3) is 11.3 Å². The first-order valence-electron chi connectivity index (χ1n) is 9.95. The van der Waals surface area contributed by atoms with Crippen LogP contribution in [0, 0.1) is 13.8 Å². The molecular weight excluding hydrogens is 408 g/mol. The lowest BCUT2D eigenvalue weighted by molar-refractivity contribution is -0.118. The predicted octanol–water partition coefficient (Wildman–Crippen LogP) is 4.52. The van der Waals surface area contributed by atoms with Gasteiger partial charge < -0.3 is 10.1 Å². The predicted molar refractivity (Wildman–Crippen MR) is 126 cm³/mol. The summed E-state index contributed by atoms with van der Waals surface area (Å²) in [6.45, 7) is 10.6. The number of amides is 1. The highest BCUT2D eigenvalue weighted by Crippen LogP contribution is 2.32. The minimum atomic E-state index is -0.159. The van der Waals surface area contributed by atoms with Gasteiger partial charge in [0.05, 0.1) is 24.1 Å². The van der Waals surface area contributed by atoms with E-state index in [1.54, 1.807) is 0 Å². The number of thiazole rings is 1. The van der Waals surface area contributed by atoms with E-state index in [4.69, 9.17) is 9.84 Å². The minimum Gasteiger partial charge on any atom is -0.482 e. The first-order chi connectivity index (χ1) is 14.9. The highest BCUT2D eigenvalue weighted by molar-refractivity contribution is 7.07. The fraction of sp³-hybridized carbons (Fsp3) is 0.208. The Bertz CT molecular complexity index is 1270. The number of aryl methyl sites for hydroxylation is 2. The third-order valence-electron chi connectivity index (χ3n) is 4.82. The monoisotopic (exact) mass is 432 g/mol. The molecule has 0 radical (unpaired) electrons. The summed E-state index contributed by atoms with van der Waals surface area (Å²) in [5.41, 5.74) is 6.83. The van der Waals surface area contributed by atoms with E-state index in [0.717, 1.165) is 32.8 Å². The Balaban J connectivity index is 1.80. The summed E-state index contributed by atoms with van der Waals surface area (Å²) in [7, 11) is 0. The Morgan fingerprint density at radius 1 is 1.29 bits per heavy atom. The molecule has 1 aromatic heterocycles. The molecule has 0 bridgehead atoms. The number of rotatable bonds is 5. The molecule has 1 aliphatic rings. The highest BCUT2D eigenvalue weighted by atomic mass is 32.1. The molecule has 1 aliphatic heterocycles. The van der Waals surface area contributed by atoms with Crippen molar-refractivity contribution in [2.45, 2.75) is 20.8 Å². The average molecular weight is 433 g/mol. The van der Waals surface area contributed by atoms with Crippen molar-refractivity contribution in [3.63, 3.8) is 0 Å². The number of carbonyl (C=O) groups excluding carboxylic acids is 1. The van der Waals surface area contributed by atoms with Crippen molar-refractivity contribution < 1.29 is 9.53 Å². The summed E-state index contributed by atoms with van der Waals surface area (Å²) in [4.78, 5) is 17.2. The summed E-state index contributed by atoms with van der Waals surface area (Å²) < 4.78 is 7.32. The van der Waals surface area contributed by atoms with Crippen LogP contribution in [-0.4, -0.2) is 29.9 Å². The van der Waals surface area contributed by atoms with Gasteiger partial charge in [-0.1, -0.05) is 35.9 Å². The zero-order valence-corrected chi connectivity index (χ0v) is 18.6. The van der Waals surface area contributed by atoms with Crippen molar-refractivity contribution in [1.29, 1.82) is 0 Å². The van der Waals surface area contributed by atoms with Crippen LogP contribution in [0.2, 0.25) is 0 Å².